The van der Waals surface area contributed by atoms with Gasteiger partial charge in [-0.1, -0.05) is 19.0 Å². The molecule has 0 saturated heterocycles. The van der Waals surface area contributed by atoms with Crippen molar-refractivity contribution in [2.45, 2.75) is 50.0 Å². The molecule has 1 heterocycles. The number of amides is 1. The van der Waals surface area contributed by atoms with E-state index < -0.39 is 38.5 Å². The fourth-order valence-corrected chi connectivity index (χ4v) is 3.71. The number of nitrogens with one attached hydrogen (secondary N) is 2. The maximum Gasteiger partial charge on any atom is 0.249 e. The summed E-state index contributed by atoms with van der Waals surface area (Å²) in [5.41, 5.74) is 0. The van der Waals surface area contributed by atoms with Crippen LogP contribution in [0.25, 0.3) is 0 Å². The van der Waals surface area contributed by atoms with E-state index >= 15 is 0 Å². The molecule has 29 heavy (non-hydrogen) atoms. The topological polar surface area (TPSA) is 114 Å². The molecule has 1 saturated carbocycles. The van der Waals surface area contributed by atoms with Crippen molar-refractivity contribution in [2.24, 2.45) is 5.92 Å². The summed E-state index contributed by atoms with van der Waals surface area (Å²) in [6, 6.07) is 1.76. The molecule has 0 bridgehead atoms. The summed E-state index contributed by atoms with van der Waals surface area (Å²) in [5, 5.41) is 6.71. The smallest absolute Gasteiger partial charge is 0.249 e. The zero-order valence-corrected chi connectivity index (χ0v) is 16.8. The number of rotatable bonds is 9. The summed E-state index contributed by atoms with van der Waals surface area (Å²) in [6.07, 6.45) is 1.89. The number of halogens is 2. The third kappa shape index (κ3) is 5.36. The largest absolute Gasteiger partial charge is 0.344 e. The predicted octanol–water partition coefficient (Wildman–Crippen LogP) is 2.41. The summed E-state index contributed by atoms with van der Waals surface area (Å²) in [7, 11) is -4.07. The van der Waals surface area contributed by atoms with E-state index in [0.29, 0.717) is 23.7 Å². The lowest BCUT2D eigenvalue weighted by atomic mass is 10.0. The molecule has 1 amide bonds. The van der Waals surface area contributed by atoms with Crippen LogP contribution in [0.2, 0.25) is 0 Å². The second-order valence-corrected chi connectivity index (χ2v) is 9.04. The van der Waals surface area contributed by atoms with E-state index in [0.717, 1.165) is 25.0 Å². The first-order valence-corrected chi connectivity index (χ1v) is 10.7. The third-order valence-electron chi connectivity index (χ3n) is 4.49. The summed E-state index contributed by atoms with van der Waals surface area (Å²) in [4.78, 5) is 16.2. The van der Waals surface area contributed by atoms with Crippen molar-refractivity contribution in [3.05, 3.63) is 41.5 Å². The number of benzene rings is 1. The zero-order valence-electron chi connectivity index (χ0n) is 16.0. The standard InChI is InChI=1S/C18H22F2N4O4S/c1-10(2)16(18-23-17(24-28-18)11-3-4-11)22-15(25)7-8-21-29(26,27)12-5-6-13(19)14(20)9-12/h5-6,9-11,16,21H,3-4,7-8H2,1-2H3,(H,22,25). The Morgan fingerprint density at radius 2 is 2.00 bits per heavy atom. The number of carbonyl (C=O) groups is 1. The Kier molecular flexibility index (Phi) is 6.27. The summed E-state index contributed by atoms with van der Waals surface area (Å²) >= 11 is 0. The van der Waals surface area contributed by atoms with Crippen molar-refractivity contribution in [2.75, 3.05) is 6.54 Å². The first kappa shape index (κ1) is 21.3. The number of nitrogens with zero attached hydrogens (tertiary/aromatic N) is 2. The highest BCUT2D eigenvalue weighted by atomic mass is 32.2. The molecule has 158 valence electrons. The minimum absolute atomic E-state index is 0.0228. The first-order valence-electron chi connectivity index (χ1n) is 9.25. The van der Waals surface area contributed by atoms with Gasteiger partial charge in [-0.2, -0.15) is 4.98 Å². The molecule has 1 aromatic heterocycles. The van der Waals surface area contributed by atoms with E-state index in [1.165, 1.54) is 0 Å². The molecule has 2 aromatic rings. The van der Waals surface area contributed by atoms with E-state index in [1.807, 2.05) is 13.8 Å². The highest BCUT2D eigenvalue weighted by Gasteiger charge is 2.31. The number of carbonyl (C=O) groups excluding carboxylic acids is 1. The summed E-state index contributed by atoms with van der Waals surface area (Å²) < 4.78 is 57.9. The van der Waals surface area contributed by atoms with Crippen LogP contribution in [0.3, 0.4) is 0 Å². The Balaban J connectivity index is 1.55. The summed E-state index contributed by atoms with van der Waals surface area (Å²) in [6.45, 7) is 3.56. The van der Waals surface area contributed by atoms with Gasteiger partial charge in [0.05, 0.1) is 4.90 Å². The van der Waals surface area contributed by atoms with Gasteiger partial charge >= 0.3 is 0 Å². The van der Waals surface area contributed by atoms with Crippen LogP contribution < -0.4 is 10.0 Å². The molecule has 1 atom stereocenters. The van der Waals surface area contributed by atoms with Crippen molar-refractivity contribution in [1.29, 1.82) is 0 Å². The lowest BCUT2D eigenvalue weighted by Crippen LogP contribution is -2.35. The average Bonchev–Trinajstić information content (AvgIpc) is 3.39. The van der Waals surface area contributed by atoms with Gasteiger partial charge in [0.2, 0.25) is 21.8 Å². The van der Waals surface area contributed by atoms with Crippen LogP contribution in [0.1, 0.15) is 56.8 Å². The van der Waals surface area contributed by atoms with Gasteiger partial charge in [0.1, 0.15) is 6.04 Å². The Bertz CT molecular complexity index is 989. The van der Waals surface area contributed by atoms with Gasteiger partial charge in [-0.3, -0.25) is 4.79 Å². The highest BCUT2D eigenvalue weighted by Crippen LogP contribution is 2.38. The molecule has 0 radical (unpaired) electrons. The van der Waals surface area contributed by atoms with Crippen molar-refractivity contribution < 1.29 is 26.5 Å². The highest BCUT2D eigenvalue weighted by molar-refractivity contribution is 7.89. The fourth-order valence-electron chi connectivity index (χ4n) is 2.67. The molecule has 1 unspecified atom stereocenters. The maximum absolute atomic E-state index is 13.2. The van der Waals surface area contributed by atoms with Crippen LogP contribution in [0, 0.1) is 17.6 Å². The minimum atomic E-state index is -4.07. The van der Waals surface area contributed by atoms with Gasteiger partial charge in [-0.25, -0.2) is 21.9 Å². The molecule has 1 aliphatic carbocycles. The number of sulfonamides is 1. The normalized spacial score (nSPS) is 15.5. The Morgan fingerprint density at radius 3 is 2.62 bits per heavy atom. The molecule has 11 heteroatoms. The van der Waals surface area contributed by atoms with E-state index in [2.05, 4.69) is 20.2 Å². The number of hydrogen-bond acceptors (Lipinski definition) is 6. The second kappa shape index (κ2) is 8.54. The number of hydrogen-bond donors (Lipinski definition) is 2. The van der Waals surface area contributed by atoms with Gasteiger partial charge in [0.15, 0.2) is 17.5 Å². The van der Waals surface area contributed by atoms with Crippen molar-refractivity contribution in [1.82, 2.24) is 20.2 Å². The number of aromatic nitrogens is 2. The maximum atomic E-state index is 13.2. The first-order chi connectivity index (χ1) is 13.7. The molecule has 3 rings (SSSR count). The minimum Gasteiger partial charge on any atom is -0.344 e. The van der Waals surface area contributed by atoms with Crippen LogP contribution in [-0.2, 0) is 14.8 Å². The Morgan fingerprint density at radius 1 is 1.28 bits per heavy atom. The van der Waals surface area contributed by atoms with Gasteiger partial charge < -0.3 is 9.84 Å². The monoisotopic (exact) mass is 428 g/mol. The molecule has 0 aliphatic heterocycles. The molecular weight excluding hydrogens is 406 g/mol. The molecule has 1 aromatic carbocycles. The van der Waals surface area contributed by atoms with E-state index in [4.69, 9.17) is 4.52 Å². The van der Waals surface area contributed by atoms with Crippen LogP contribution in [0.5, 0.6) is 0 Å². The van der Waals surface area contributed by atoms with Crippen molar-refractivity contribution >= 4 is 15.9 Å². The van der Waals surface area contributed by atoms with Crippen LogP contribution >= 0.6 is 0 Å². The lowest BCUT2D eigenvalue weighted by Gasteiger charge is -2.18. The van der Waals surface area contributed by atoms with Gasteiger partial charge in [0, 0.05) is 18.9 Å². The van der Waals surface area contributed by atoms with E-state index in [1.54, 1.807) is 0 Å². The Labute approximate surface area is 167 Å². The van der Waals surface area contributed by atoms with Crippen LogP contribution in [0.4, 0.5) is 8.78 Å². The van der Waals surface area contributed by atoms with E-state index in [-0.39, 0.29) is 18.9 Å². The van der Waals surface area contributed by atoms with Crippen LogP contribution in [0.15, 0.2) is 27.6 Å². The van der Waals surface area contributed by atoms with Crippen molar-refractivity contribution in [3.63, 3.8) is 0 Å². The zero-order chi connectivity index (χ0) is 21.2. The van der Waals surface area contributed by atoms with Gasteiger partial charge in [0.25, 0.3) is 0 Å². The SMILES string of the molecule is CC(C)C(NC(=O)CCNS(=O)(=O)c1ccc(F)c(F)c1)c1nc(C2CC2)no1. The summed E-state index contributed by atoms with van der Waals surface area (Å²) in [5.74, 6) is -1.57. The van der Waals surface area contributed by atoms with E-state index in [9.17, 15) is 22.0 Å². The van der Waals surface area contributed by atoms with Gasteiger partial charge in [-0.05, 0) is 37.0 Å². The van der Waals surface area contributed by atoms with Crippen LogP contribution in [-0.4, -0.2) is 31.0 Å². The molecule has 2 N–H and O–H groups in total. The predicted molar refractivity (Wildman–Crippen MR) is 98.2 cm³/mol. The Hall–Kier alpha value is -2.40. The molecule has 0 spiro atoms. The van der Waals surface area contributed by atoms with Crippen molar-refractivity contribution in [3.8, 4) is 0 Å². The third-order valence-corrected chi connectivity index (χ3v) is 5.95. The second-order valence-electron chi connectivity index (χ2n) is 7.28. The molecule has 1 aliphatic rings. The molecule has 8 nitrogen and oxygen atoms in total. The molecule has 1 fully saturated rings. The lowest BCUT2D eigenvalue weighted by molar-refractivity contribution is -0.122. The van der Waals surface area contributed by atoms with Gasteiger partial charge in [-0.15, -0.1) is 0 Å². The fraction of sp³-hybridized carbons (Fsp3) is 0.500. The quantitative estimate of drug-likeness (QED) is 0.634. The average molecular weight is 428 g/mol. The molecular formula is C18H22F2N4O4S.